The van der Waals surface area contributed by atoms with Gasteiger partial charge in [-0.1, -0.05) is 0 Å². The Bertz CT molecular complexity index is 336. The number of hydrogen-bond acceptors (Lipinski definition) is 4. The largest absolute Gasteiger partial charge is 0.444 e. The molecular weight excluding hydrogens is 244 g/mol. The highest BCUT2D eigenvalue weighted by Crippen LogP contribution is 2.35. The third-order valence-electron chi connectivity index (χ3n) is 3.41. The van der Waals surface area contributed by atoms with Crippen molar-refractivity contribution in [2.75, 3.05) is 20.1 Å². The molecule has 5 heteroatoms. The van der Waals surface area contributed by atoms with Crippen LogP contribution in [0.15, 0.2) is 0 Å². The van der Waals surface area contributed by atoms with Crippen molar-refractivity contribution in [2.24, 2.45) is 0 Å². The number of amides is 1. The maximum absolute atomic E-state index is 12.2. The molecule has 1 fully saturated rings. The normalized spacial score (nSPS) is 27.2. The fourth-order valence-corrected chi connectivity index (χ4v) is 2.75. The van der Waals surface area contributed by atoms with E-state index in [1.807, 2.05) is 41.7 Å². The zero-order valence-corrected chi connectivity index (χ0v) is 13.0. The van der Waals surface area contributed by atoms with E-state index in [0.717, 1.165) is 0 Å². The zero-order valence-electron chi connectivity index (χ0n) is 13.0. The van der Waals surface area contributed by atoms with Gasteiger partial charge in [0, 0.05) is 25.0 Å². The Labute approximate surface area is 116 Å². The van der Waals surface area contributed by atoms with Gasteiger partial charge in [-0.3, -0.25) is 0 Å². The molecule has 19 heavy (non-hydrogen) atoms. The summed E-state index contributed by atoms with van der Waals surface area (Å²) in [5.41, 5.74) is -1.66. The van der Waals surface area contributed by atoms with Gasteiger partial charge in [0.2, 0.25) is 0 Å². The second-order valence-electron chi connectivity index (χ2n) is 7.13. The fourth-order valence-electron chi connectivity index (χ4n) is 2.75. The number of ether oxygens (including phenoxy) is 1. The summed E-state index contributed by atoms with van der Waals surface area (Å²) in [6, 6.07) is 0. The summed E-state index contributed by atoms with van der Waals surface area (Å²) in [4.78, 5) is 13.9. The lowest BCUT2D eigenvalue weighted by Crippen LogP contribution is -2.61. The Hall–Kier alpha value is -0.810. The first-order valence-electron chi connectivity index (χ1n) is 6.87. The Morgan fingerprint density at radius 3 is 2.42 bits per heavy atom. The highest BCUT2D eigenvalue weighted by molar-refractivity contribution is 5.69. The highest BCUT2D eigenvalue weighted by atomic mass is 16.6. The molecule has 0 bridgehead atoms. The van der Waals surface area contributed by atoms with Gasteiger partial charge in [0.15, 0.2) is 0 Å². The molecule has 1 unspecified atom stereocenters. The molecule has 0 aromatic rings. The lowest BCUT2D eigenvalue weighted by Gasteiger charge is -2.49. The number of hydrogen-bond donors (Lipinski definition) is 2. The number of rotatable bonds is 2. The molecule has 1 heterocycles. The van der Waals surface area contributed by atoms with E-state index < -0.39 is 16.7 Å². The lowest BCUT2D eigenvalue weighted by atomic mass is 9.79. The van der Waals surface area contributed by atoms with E-state index in [4.69, 9.17) is 4.74 Å². The van der Waals surface area contributed by atoms with Crippen LogP contribution in [0.1, 0.15) is 47.5 Å². The third kappa shape index (κ3) is 4.35. The van der Waals surface area contributed by atoms with E-state index in [2.05, 4.69) is 5.32 Å². The molecular formula is C14H28N2O3. The Morgan fingerprint density at radius 2 is 2.00 bits per heavy atom. The molecule has 0 aromatic heterocycles. The maximum atomic E-state index is 12.2. The zero-order chi connectivity index (χ0) is 14.9. The molecule has 2 N–H and O–H groups in total. The number of aliphatic hydroxyl groups is 1. The van der Waals surface area contributed by atoms with Gasteiger partial charge in [-0.05, 0) is 48.1 Å². The minimum atomic E-state index is -0.753. The predicted molar refractivity (Wildman–Crippen MR) is 75.1 cm³/mol. The van der Waals surface area contributed by atoms with Gasteiger partial charge in [-0.2, -0.15) is 0 Å². The first-order valence-corrected chi connectivity index (χ1v) is 6.87. The van der Waals surface area contributed by atoms with E-state index in [-0.39, 0.29) is 6.09 Å². The number of piperidine rings is 1. The number of carbonyl (C=O) groups is 1. The van der Waals surface area contributed by atoms with Crippen LogP contribution in [0, 0.1) is 0 Å². The van der Waals surface area contributed by atoms with Crippen molar-refractivity contribution in [3.8, 4) is 0 Å². The van der Waals surface area contributed by atoms with Crippen LogP contribution in [-0.4, -0.2) is 53.0 Å². The van der Waals surface area contributed by atoms with Crippen LogP contribution >= 0.6 is 0 Å². The minimum Gasteiger partial charge on any atom is -0.444 e. The number of nitrogens with zero attached hydrogens (tertiary/aromatic N) is 1. The smallest absolute Gasteiger partial charge is 0.410 e. The Kier molecular flexibility index (Phi) is 4.52. The highest BCUT2D eigenvalue weighted by Gasteiger charge is 2.45. The Balaban J connectivity index is 2.76. The van der Waals surface area contributed by atoms with E-state index >= 15 is 0 Å². The standard InChI is InChI=1S/C14H28N2O3/c1-12(2,3)19-11(17)16-8-7-14(18,10-15-6)9-13(16,4)5/h15,18H,7-10H2,1-6H3. The quantitative estimate of drug-likeness (QED) is 0.804. The second-order valence-corrected chi connectivity index (χ2v) is 7.13. The van der Waals surface area contributed by atoms with Crippen LogP contribution in [0.4, 0.5) is 4.79 Å². The van der Waals surface area contributed by atoms with Gasteiger partial charge < -0.3 is 20.1 Å². The maximum Gasteiger partial charge on any atom is 0.410 e. The molecule has 1 amide bonds. The second kappa shape index (κ2) is 5.29. The molecule has 0 aromatic carbocycles. The van der Waals surface area contributed by atoms with Gasteiger partial charge in [0.25, 0.3) is 0 Å². The molecule has 1 aliphatic heterocycles. The average molecular weight is 272 g/mol. The average Bonchev–Trinajstić information content (AvgIpc) is 2.11. The summed E-state index contributed by atoms with van der Waals surface area (Å²) in [5, 5.41) is 13.5. The molecule has 0 radical (unpaired) electrons. The van der Waals surface area contributed by atoms with Crippen LogP contribution < -0.4 is 5.32 Å². The van der Waals surface area contributed by atoms with Gasteiger partial charge in [0.1, 0.15) is 5.60 Å². The van der Waals surface area contributed by atoms with Gasteiger partial charge in [-0.25, -0.2) is 4.79 Å². The van der Waals surface area contributed by atoms with Crippen molar-refractivity contribution in [1.29, 1.82) is 0 Å². The number of likely N-dealkylation sites (tertiary alicyclic amines) is 1. The van der Waals surface area contributed by atoms with Crippen LogP contribution in [-0.2, 0) is 4.74 Å². The van der Waals surface area contributed by atoms with E-state index in [1.165, 1.54) is 0 Å². The summed E-state index contributed by atoms with van der Waals surface area (Å²) in [6.45, 7) is 10.6. The first kappa shape index (κ1) is 16.2. The molecule has 1 aliphatic rings. The first-order chi connectivity index (χ1) is 8.49. The van der Waals surface area contributed by atoms with Gasteiger partial charge in [-0.15, -0.1) is 0 Å². The minimum absolute atomic E-state index is 0.302. The van der Waals surface area contributed by atoms with E-state index in [0.29, 0.717) is 25.9 Å². The van der Waals surface area contributed by atoms with Crippen molar-refractivity contribution in [2.45, 2.75) is 64.2 Å². The summed E-state index contributed by atoms with van der Waals surface area (Å²) in [5.74, 6) is 0. The van der Waals surface area contributed by atoms with Gasteiger partial charge in [0.05, 0.1) is 5.60 Å². The molecule has 5 nitrogen and oxygen atoms in total. The summed E-state index contributed by atoms with van der Waals surface area (Å²) in [6.07, 6.45) is 0.806. The number of nitrogens with one attached hydrogen (secondary N) is 1. The monoisotopic (exact) mass is 272 g/mol. The topological polar surface area (TPSA) is 61.8 Å². The molecule has 0 saturated carbocycles. The van der Waals surface area contributed by atoms with Crippen LogP contribution in [0.25, 0.3) is 0 Å². The van der Waals surface area contributed by atoms with Gasteiger partial charge >= 0.3 is 6.09 Å². The SMILES string of the molecule is CNCC1(O)CCN(C(=O)OC(C)(C)C)C(C)(C)C1. The molecule has 1 rings (SSSR count). The molecule has 112 valence electrons. The predicted octanol–water partition coefficient (Wildman–Crippen LogP) is 1.75. The van der Waals surface area contributed by atoms with Crippen LogP contribution in [0.2, 0.25) is 0 Å². The molecule has 1 atom stereocenters. The third-order valence-corrected chi connectivity index (χ3v) is 3.41. The number of carbonyl (C=O) groups excluding carboxylic acids is 1. The summed E-state index contributed by atoms with van der Waals surface area (Å²) in [7, 11) is 1.82. The lowest BCUT2D eigenvalue weighted by molar-refractivity contribution is -0.0767. The van der Waals surface area contributed by atoms with Crippen molar-refractivity contribution >= 4 is 6.09 Å². The molecule has 0 spiro atoms. The van der Waals surface area contributed by atoms with Crippen molar-refractivity contribution in [1.82, 2.24) is 10.2 Å². The van der Waals surface area contributed by atoms with Crippen molar-refractivity contribution in [3.63, 3.8) is 0 Å². The Morgan fingerprint density at radius 1 is 1.42 bits per heavy atom. The van der Waals surface area contributed by atoms with Crippen molar-refractivity contribution in [3.05, 3.63) is 0 Å². The van der Waals surface area contributed by atoms with Crippen molar-refractivity contribution < 1.29 is 14.6 Å². The van der Waals surface area contributed by atoms with E-state index in [1.54, 1.807) is 4.90 Å². The van der Waals surface area contributed by atoms with Crippen LogP contribution in [0.5, 0.6) is 0 Å². The fraction of sp³-hybridized carbons (Fsp3) is 0.929. The summed E-state index contributed by atoms with van der Waals surface area (Å²) >= 11 is 0. The van der Waals surface area contributed by atoms with E-state index in [9.17, 15) is 9.90 Å². The molecule has 1 saturated heterocycles. The van der Waals surface area contributed by atoms with Crippen LogP contribution in [0.3, 0.4) is 0 Å². The number of likely N-dealkylation sites (N-methyl/N-ethyl adjacent to an activating group) is 1. The molecule has 0 aliphatic carbocycles. The summed E-state index contributed by atoms with van der Waals surface area (Å²) < 4.78 is 5.43.